The fourth-order valence-corrected chi connectivity index (χ4v) is 4.74. The predicted molar refractivity (Wildman–Crippen MR) is 137 cm³/mol. The van der Waals surface area contributed by atoms with Crippen LogP contribution in [0.2, 0.25) is 0 Å². The molecule has 34 heavy (non-hydrogen) atoms. The first-order valence-electron chi connectivity index (χ1n) is 12.7. The van der Waals surface area contributed by atoms with Crippen molar-refractivity contribution in [1.29, 1.82) is 0 Å². The van der Waals surface area contributed by atoms with Crippen LogP contribution in [0.5, 0.6) is 0 Å². The number of sulfonamides is 1. The van der Waals surface area contributed by atoms with Crippen LogP contribution in [0.25, 0.3) is 0 Å². The Morgan fingerprint density at radius 2 is 1.26 bits per heavy atom. The van der Waals surface area contributed by atoms with Crippen molar-refractivity contribution in [1.82, 2.24) is 4.72 Å². The van der Waals surface area contributed by atoms with Crippen molar-refractivity contribution < 1.29 is 28.0 Å². The molecule has 0 aliphatic carbocycles. The van der Waals surface area contributed by atoms with Crippen molar-refractivity contribution in [3.8, 4) is 0 Å². The molecule has 9 heteroatoms. The molecule has 1 aromatic rings. The number of ether oxygens (including phenoxy) is 1. The van der Waals surface area contributed by atoms with Gasteiger partial charge in [-0.25, -0.2) is 13.1 Å². The Kier molecular flexibility index (Phi) is 14.7. The average Bonchev–Trinajstić information content (AvgIpc) is 2.75. The summed E-state index contributed by atoms with van der Waals surface area (Å²) in [6.07, 6.45) is 13.9. The van der Waals surface area contributed by atoms with E-state index >= 15 is 0 Å². The van der Waals surface area contributed by atoms with Crippen LogP contribution in [0.1, 0.15) is 104 Å². The largest absolute Gasteiger partial charge is 0.488 e. The summed E-state index contributed by atoms with van der Waals surface area (Å²) < 4.78 is 32.4. The van der Waals surface area contributed by atoms with E-state index in [2.05, 4.69) is 4.72 Å². The highest BCUT2D eigenvalue weighted by molar-refractivity contribution is 7.89. The Morgan fingerprint density at radius 3 is 1.71 bits per heavy atom. The summed E-state index contributed by atoms with van der Waals surface area (Å²) in [7, 11) is -5.17. The van der Waals surface area contributed by atoms with Gasteiger partial charge in [0.1, 0.15) is 5.60 Å². The molecule has 0 saturated heterocycles. The highest BCUT2D eigenvalue weighted by Gasteiger charge is 2.16. The lowest BCUT2D eigenvalue weighted by atomic mass is 9.81. The minimum Gasteiger partial charge on any atom is -0.460 e. The first-order valence-corrected chi connectivity index (χ1v) is 14.2. The monoisotopic (exact) mass is 497 g/mol. The van der Waals surface area contributed by atoms with Crippen LogP contribution in [0.3, 0.4) is 0 Å². The summed E-state index contributed by atoms with van der Waals surface area (Å²) >= 11 is 0. The molecule has 1 aromatic carbocycles. The van der Waals surface area contributed by atoms with Gasteiger partial charge in [-0.15, -0.1) is 0 Å². The normalized spacial score (nSPS) is 12.0. The van der Waals surface area contributed by atoms with Gasteiger partial charge in [-0.1, -0.05) is 76.3 Å². The third-order valence-electron chi connectivity index (χ3n) is 5.51. The van der Waals surface area contributed by atoms with E-state index in [1.807, 2.05) is 20.8 Å². The summed E-state index contributed by atoms with van der Waals surface area (Å²) in [6, 6.07) is 5.54. The molecule has 0 aromatic heterocycles. The average molecular weight is 498 g/mol. The van der Waals surface area contributed by atoms with E-state index in [1.165, 1.54) is 69.2 Å². The molecule has 0 bridgehead atoms. The number of carbonyl (C=O) groups excluding carboxylic acids is 1. The number of carbonyl (C=O) groups is 1. The standard InChI is InChI=1S/C25H44BNO6S/c1-25(2,3)33-24(28)16-14-12-10-8-6-4-5-7-9-11-13-15-21-27-34(31,32)23-19-17-22(18-20-23)26(29)30/h17-20,27,29-30H,4-16,21H2,1-3H3. The molecule has 0 spiro atoms. The number of rotatable bonds is 18. The fourth-order valence-electron chi connectivity index (χ4n) is 3.66. The molecular weight excluding hydrogens is 453 g/mol. The van der Waals surface area contributed by atoms with Crippen LogP contribution < -0.4 is 10.2 Å². The molecule has 0 saturated carbocycles. The second-order valence-electron chi connectivity index (χ2n) is 9.92. The van der Waals surface area contributed by atoms with Gasteiger partial charge in [0, 0.05) is 13.0 Å². The summed E-state index contributed by atoms with van der Waals surface area (Å²) in [5, 5.41) is 18.2. The second-order valence-corrected chi connectivity index (χ2v) is 11.7. The Balaban J connectivity index is 1.94. The molecule has 194 valence electrons. The van der Waals surface area contributed by atoms with Gasteiger partial charge in [0.15, 0.2) is 0 Å². The minimum absolute atomic E-state index is 0.0973. The highest BCUT2D eigenvalue weighted by atomic mass is 32.2. The zero-order valence-corrected chi connectivity index (χ0v) is 22.0. The van der Waals surface area contributed by atoms with Gasteiger partial charge < -0.3 is 14.8 Å². The topological polar surface area (TPSA) is 113 Å². The summed E-state index contributed by atoms with van der Waals surface area (Å²) in [4.78, 5) is 11.8. The highest BCUT2D eigenvalue weighted by Crippen LogP contribution is 2.14. The van der Waals surface area contributed by atoms with Crippen LogP contribution in [0, 0.1) is 0 Å². The third kappa shape index (κ3) is 14.8. The summed E-state index contributed by atoms with van der Waals surface area (Å²) in [6.45, 7) is 6.09. The van der Waals surface area contributed by atoms with Gasteiger partial charge >= 0.3 is 13.1 Å². The number of unbranched alkanes of at least 4 members (excludes halogenated alkanes) is 11. The van der Waals surface area contributed by atoms with Crippen molar-refractivity contribution >= 4 is 28.6 Å². The number of hydrogen-bond acceptors (Lipinski definition) is 6. The Hall–Kier alpha value is -1.42. The number of hydrogen-bond donors (Lipinski definition) is 3. The summed E-state index contributed by atoms with van der Waals surface area (Å²) in [5.74, 6) is -0.0973. The zero-order chi connectivity index (χ0) is 25.5. The molecule has 0 aliphatic rings. The van der Waals surface area contributed by atoms with Crippen LogP contribution in [-0.2, 0) is 19.6 Å². The molecule has 0 radical (unpaired) electrons. The molecule has 0 aliphatic heterocycles. The molecule has 7 nitrogen and oxygen atoms in total. The first-order chi connectivity index (χ1) is 16.0. The maximum absolute atomic E-state index is 12.3. The van der Waals surface area contributed by atoms with E-state index in [0.29, 0.717) is 13.0 Å². The third-order valence-corrected chi connectivity index (χ3v) is 6.99. The van der Waals surface area contributed by atoms with Crippen molar-refractivity contribution in [2.45, 2.75) is 115 Å². The first kappa shape index (κ1) is 30.6. The van der Waals surface area contributed by atoms with E-state index in [-0.39, 0.29) is 16.3 Å². The molecule has 0 amide bonds. The van der Waals surface area contributed by atoms with E-state index in [1.54, 1.807) is 0 Å². The SMILES string of the molecule is CC(C)(C)OC(=O)CCCCCCCCCCCCCCNS(=O)(=O)c1ccc(B(O)O)cc1. The van der Waals surface area contributed by atoms with Crippen molar-refractivity contribution in [3.63, 3.8) is 0 Å². The molecule has 0 atom stereocenters. The van der Waals surface area contributed by atoms with Crippen LogP contribution >= 0.6 is 0 Å². The van der Waals surface area contributed by atoms with Crippen LogP contribution in [0.4, 0.5) is 0 Å². The van der Waals surface area contributed by atoms with Crippen molar-refractivity contribution in [3.05, 3.63) is 24.3 Å². The van der Waals surface area contributed by atoms with Gasteiger partial charge in [0.05, 0.1) is 4.90 Å². The molecule has 0 heterocycles. The second kappa shape index (κ2) is 16.3. The van der Waals surface area contributed by atoms with E-state index in [4.69, 9.17) is 14.8 Å². The number of nitrogens with one attached hydrogen (secondary N) is 1. The Bertz CT molecular complexity index is 791. The van der Waals surface area contributed by atoms with Gasteiger partial charge in [0.2, 0.25) is 10.0 Å². The van der Waals surface area contributed by atoms with E-state index < -0.39 is 22.7 Å². The lowest BCUT2D eigenvalue weighted by Crippen LogP contribution is -2.30. The van der Waals surface area contributed by atoms with Gasteiger partial charge in [-0.2, -0.15) is 0 Å². The lowest BCUT2D eigenvalue weighted by molar-refractivity contribution is -0.154. The molecule has 3 N–H and O–H groups in total. The molecule has 0 fully saturated rings. The molecule has 1 rings (SSSR count). The van der Waals surface area contributed by atoms with E-state index in [0.717, 1.165) is 32.1 Å². The smallest absolute Gasteiger partial charge is 0.460 e. The minimum atomic E-state index is -3.57. The quantitative estimate of drug-likeness (QED) is 0.160. The van der Waals surface area contributed by atoms with Crippen molar-refractivity contribution in [2.75, 3.05) is 6.54 Å². The van der Waals surface area contributed by atoms with Crippen LogP contribution in [-0.4, -0.2) is 43.7 Å². The maximum atomic E-state index is 12.3. The fraction of sp³-hybridized carbons (Fsp3) is 0.720. The number of esters is 1. The summed E-state index contributed by atoms with van der Waals surface area (Å²) in [5.41, 5.74) is -0.134. The van der Waals surface area contributed by atoms with Gasteiger partial charge in [-0.3, -0.25) is 4.79 Å². The molecular formula is C25H44BNO6S. The molecule has 0 unspecified atom stereocenters. The van der Waals surface area contributed by atoms with Crippen molar-refractivity contribution in [2.24, 2.45) is 0 Å². The van der Waals surface area contributed by atoms with Gasteiger partial charge in [0.25, 0.3) is 0 Å². The predicted octanol–water partition coefficient (Wildman–Crippen LogP) is 4.06. The Labute approximate surface area is 206 Å². The van der Waals surface area contributed by atoms with Crippen LogP contribution in [0.15, 0.2) is 29.2 Å². The lowest BCUT2D eigenvalue weighted by Gasteiger charge is -2.19. The Morgan fingerprint density at radius 1 is 0.824 bits per heavy atom. The zero-order valence-electron chi connectivity index (χ0n) is 21.2. The number of benzene rings is 1. The van der Waals surface area contributed by atoms with E-state index in [9.17, 15) is 13.2 Å². The maximum Gasteiger partial charge on any atom is 0.488 e. The van der Waals surface area contributed by atoms with Gasteiger partial charge in [-0.05, 0) is 51.2 Å².